The Kier molecular flexibility index (Phi) is 21.9. The molecule has 2 fully saturated rings. The third-order valence-electron chi connectivity index (χ3n) is 14.2. The minimum atomic E-state index is -0.864. The van der Waals surface area contributed by atoms with Crippen molar-refractivity contribution in [1.29, 1.82) is 0 Å². The van der Waals surface area contributed by atoms with E-state index in [1.54, 1.807) is 17.4 Å². The number of para-hydroxylation sites is 1. The summed E-state index contributed by atoms with van der Waals surface area (Å²) < 4.78 is 0. The first-order chi connectivity index (χ1) is 37.4. The zero-order valence-electron chi connectivity index (χ0n) is 46.0. The topological polar surface area (TPSA) is 227 Å². The number of anilines is 4. The van der Waals surface area contributed by atoms with Crippen molar-refractivity contribution in [2.75, 3.05) is 61.3 Å². The molecule has 0 radical (unpaired) electrons. The van der Waals surface area contributed by atoms with Crippen molar-refractivity contribution in [2.45, 2.75) is 143 Å². The number of carbonyl (C=O) groups is 5. The van der Waals surface area contributed by atoms with Gasteiger partial charge in [-0.2, -0.15) is 0 Å². The number of nitrogens with one attached hydrogen (secondary N) is 5. The lowest BCUT2D eigenvalue weighted by molar-refractivity contribution is -0.144. The van der Waals surface area contributed by atoms with E-state index in [2.05, 4.69) is 51.3 Å². The molecule has 7 rings (SSSR count). The van der Waals surface area contributed by atoms with Crippen LogP contribution in [0.3, 0.4) is 0 Å². The molecule has 0 spiro atoms. The number of aryl methyl sites for hydroxylation is 3. The van der Waals surface area contributed by atoms with Crippen LogP contribution in [0.2, 0.25) is 5.02 Å². The first-order valence-electron chi connectivity index (χ1n) is 27.4. The maximum Gasteiger partial charge on any atom is 0.267 e. The summed E-state index contributed by atoms with van der Waals surface area (Å²) in [7, 11) is 0. The van der Waals surface area contributed by atoms with E-state index in [-0.39, 0.29) is 55.5 Å². The van der Waals surface area contributed by atoms with Gasteiger partial charge in [0.25, 0.3) is 5.91 Å². The first kappa shape index (κ1) is 59.6. The Morgan fingerprint density at radius 1 is 0.833 bits per heavy atom. The molecule has 2 aromatic carbocycles. The molecule has 0 saturated carbocycles. The number of carbonyl (C=O) groups excluding carboxylic acids is 5. The number of likely N-dealkylation sites (tertiary alicyclic amines) is 1. The Morgan fingerprint density at radius 2 is 1.54 bits per heavy atom. The van der Waals surface area contributed by atoms with Gasteiger partial charge in [-0.05, 0) is 81.2 Å². The number of aliphatic hydroxyl groups excluding tert-OH is 1. The molecule has 6 N–H and O–H groups in total. The lowest BCUT2D eigenvalue weighted by atomic mass is 9.85. The molecule has 2 aliphatic rings. The minimum Gasteiger partial charge on any atom is -0.391 e. The van der Waals surface area contributed by atoms with Gasteiger partial charge < -0.3 is 41.5 Å². The van der Waals surface area contributed by atoms with E-state index in [4.69, 9.17) is 16.6 Å². The number of aliphatic hydroxyl groups is 1. The van der Waals surface area contributed by atoms with Gasteiger partial charge in [-0.1, -0.05) is 112 Å². The summed E-state index contributed by atoms with van der Waals surface area (Å²) in [4.78, 5) is 91.9. The van der Waals surface area contributed by atoms with Crippen LogP contribution < -0.4 is 31.5 Å². The highest BCUT2D eigenvalue weighted by Crippen LogP contribution is 2.31. The van der Waals surface area contributed by atoms with Crippen molar-refractivity contribution >= 4 is 86.3 Å². The zero-order valence-corrected chi connectivity index (χ0v) is 48.4. The van der Waals surface area contributed by atoms with Crippen LogP contribution in [-0.2, 0) is 25.7 Å². The molecule has 5 aromatic rings. The van der Waals surface area contributed by atoms with Gasteiger partial charge in [0.15, 0.2) is 5.13 Å². The molecule has 3 atom stereocenters. The molecule has 0 unspecified atom stereocenters. The maximum atomic E-state index is 14.0. The van der Waals surface area contributed by atoms with Crippen LogP contribution >= 0.6 is 34.3 Å². The summed E-state index contributed by atoms with van der Waals surface area (Å²) in [5.41, 5.74) is 5.60. The number of nitrogens with zero attached hydrogens (tertiary/aromatic N) is 7. The predicted molar refractivity (Wildman–Crippen MR) is 310 cm³/mol. The summed E-state index contributed by atoms with van der Waals surface area (Å²) in [5.74, 6) is 0.990. The normalized spacial score (nSPS) is 16.2. The number of unbranched alkanes of at least 4 members (excludes halogenated alkanes) is 7. The van der Waals surface area contributed by atoms with Crippen LogP contribution in [0.4, 0.5) is 22.5 Å². The molecular formula is C57H77ClN12O6S2. The number of thiazole rings is 2. The number of benzene rings is 2. The molecule has 18 nitrogen and oxygen atoms in total. The monoisotopic (exact) mass is 1120 g/mol. The summed E-state index contributed by atoms with van der Waals surface area (Å²) in [6, 6.07) is 13.6. The molecule has 21 heteroatoms. The van der Waals surface area contributed by atoms with Gasteiger partial charge in [-0.3, -0.25) is 28.9 Å². The summed E-state index contributed by atoms with van der Waals surface area (Å²) in [6.45, 7) is 16.9. The number of amides is 5. The lowest BCUT2D eigenvalue weighted by Gasteiger charge is -2.35. The third-order valence-corrected chi connectivity index (χ3v) is 16.4. The Labute approximate surface area is 472 Å². The second-order valence-corrected chi connectivity index (χ2v) is 23.8. The van der Waals surface area contributed by atoms with Crippen LogP contribution in [0, 0.1) is 26.2 Å². The van der Waals surface area contributed by atoms with Crippen LogP contribution in [-0.4, -0.2) is 128 Å². The SMILES string of the molecule is Cc1nc(Nc2ncc(C(=O)Nc3c(C)cccc3Cl)s2)cc(N2CCN(CCCCCNC(=O)CCCCCCCCC(=O)N[C@H](C(=O)N3C[C@H](O)C[C@H]3C(=O)NCc3ccc(-c4scnc4C)cc3)C(C)(C)C)CC2)n1. The quantitative estimate of drug-likeness (QED) is 0.0285. The van der Waals surface area contributed by atoms with Gasteiger partial charge >= 0.3 is 0 Å². The number of aromatic nitrogens is 4. The van der Waals surface area contributed by atoms with Crippen LogP contribution in [0.15, 0.2) is 60.2 Å². The standard InChI is InChI=1S/C57H77ClN12O6S2/c1-37-17-16-18-43(58)50(37)67-54(75)45-34-61-56(78-45)65-46-32-47(64-39(3)63-46)69-29-27-68(28-30-69)26-15-11-14-25-59-48(72)19-12-9-7-8-10-13-20-49(73)66-52(57(4,5)6)55(76)70-35-42(71)31-44(70)53(74)60-33-40-21-23-41(24-22-40)51-38(2)62-36-77-51/h16-18,21-24,32,34,36,42,44,52,71H,7-15,19-20,25-31,33,35H2,1-6H3,(H,59,72)(H,60,74)(H,66,73)(H,67,75)(H,61,63,64,65)/t42-,44+,52-/m1/s1. The largest absolute Gasteiger partial charge is 0.391 e. The van der Waals surface area contributed by atoms with Gasteiger partial charge in [-0.25, -0.2) is 19.9 Å². The number of halogens is 1. The molecule has 0 bridgehead atoms. The molecule has 3 aromatic heterocycles. The van der Waals surface area contributed by atoms with Crippen molar-refractivity contribution in [3.8, 4) is 10.4 Å². The van der Waals surface area contributed by atoms with Crippen molar-refractivity contribution in [3.63, 3.8) is 0 Å². The fraction of sp³-hybridized carbons (Fsp3) is 0.526. The Balaban J connectivity index is 0.704. The van der Waals surface area contributed by atoms with Crippen LogP contribution in [0.25, 0.3) is 10.4 Å². The van der Waals surface area contributed by atoms with Gasteiger partial charge in [0.2, 0.25) is 23.6 Å². The van der Waals surface area contributed by atoms with E-state index in [9.17, 15) is 29.1 Å². The van der Waals surface area contributed by atoms with Gasteiger partial charge in [0.05, 0.1) is 39.1 Å². The molecule has 2 saturated heterocycles. The fourth-order valence-electron chi connectivity index (χ4n) is 9.74. The minimum absolute atomic E-state index is 0.0245. The molecule has 5 amide bonds. The van der Waals surface area contributed by atoms with E-state index >= 15 is 0 Å². The average molecular weight is 1130 g/mol. The summed E-state index contributed by atoms with van der Waals surface area (Å²) in [5, 5.41) is 26.8. The van der Waals surface area contributed by atoms with E-state index in [1.807, 2.05) is 89.5 Å². The Hall–Kier alpha value is -6.06. The number of piperazine rings is 1. The van der Waals surface area contributed by atoms with E-state index in [1.165, 1.54) is 22.4 Å². The van der Waals surface area contributed by atoms with E-state index in [0.717, 1.165) is 117 Å². The lowest BCUT2D eigenvalue weighted by Crippen LogP contribution is -2.57. The second-order valence-electron chi connectivity index (χ2n) is 21.5. The zero-order chi connectivity index (χ0) is 55.8. The summed E-state index contributed by atoms with van der Waals surface area (Å²) in [6.07, 6.45) is 9.91. The van der Waals surface area contributed by atoms with Crippen LogP contribution in [0.1, 0.15) is 130 Å². The van der Waals surface area contributed by atoms with E-state index in [0.29, 0.717) is 51.7 Å². The van der Waals surface area contributed by atoms with Gasteiger partial charge in [0.1, 0.15) is 34.4 Å². The van der Waals surface area contributed by atoms with E-state index < -0.39 is 23.6 Å². The van der Waals surface area contributed by atoms with Crippen molar-refractivity contribution in [2.24, 2.45) is 5.41 Å². The van der Waals surface area contributed by atoms with Gasteiger partial charge in [0, 0.05) is 71.1 Å². The second kappa shape index (κ2) is 28.7. The fourth-order valence-corrected chi connectivity index (χ4v) is 11.5. The van der Waals surface area contributed by atoms with Crippen molar-refractivity contribution in [1.82, 2.24) is 45.7 Å². The molecule has 5 heterocycles. The molecule has 0 aliphatic carbocycles. The Morgan fingerprint density at radius 3 is 2.23 bits per heavy atom. The number of β-amino-alcohol motifs (C(OH)–C–C–N with tert-alkyl or cyclic N) is 1. The predicted octanol–water partition coefficient (Wildman–Crippen LogP) is 8.97. The molecule has 420 valence electrons. The number of rotatable bonds is 26. The molecule has 2 aliphatic heterocycles. The van der Waals surface area contributed by atoms with Crippen LogP contribution in [0.5, 0.6) is 0 Å². The third kappa shape index (κ3) is 17.5. The number of hydrogen-bond donors (Lipinski definition) is 6. The molecular weight excluding hydrogens is 1050 g/mol. The van der Waals surface area contributed by atoms with Crippen molar-refractivity contribution < 1.29 is 29.1 Å². The summed E-state index contributed by atoms with van der Waals surface area (Å²) >= 11 is 9.13. The number of hydrogen-bond acceptors (Lipinski definition) is 15. The average Bonchev–Trinajstić information content (AvgIpc) is 4.19. The van der Waals surface area contributed by atoms with Crippen molar-refractivity contribution in [3.05, 3.63) is 92.8 Å². The highest BCUT2D eigenvalue weighted by molar-refractivity contribution is 7.17. The Bertz CT molecular complexity index is 2790. The van der Waals surface area contributed by atoms with Gasteiger partial charge in [-0.15, -0.1) is 11.3 Å². The first-order valence-corrected chi connectivity index (χ1v) is 29.4. The highest BCUT2D eigenvalue weighted by Gasteiger charge is 2.44. The maximum absolute atomic E-state index is 14.0. The molecule has 78 heavy (non-hydrogen) atoms. The highest BCUT2D eigenvalue weighted by atomic mass is 35.5. The smallest absolute Gasteiger partial charge is 0.267 e.